The smallest absolute Gasteiger partial charge is 0.271 e. The molecule has 9 heteroatoms. The summed E-state index contributed by atoms with van der Waals surface area (Å²) in [4.78, 5) is 33.7. The Kier molecular flexibility index (Phi) is 7.60. The molecular weight excluding hydrogens is 477 g/mol. The minimum atomic E-state index is -1.02. The molecule has 0 spiro atoms. The molecule has 0 aliphatic carbocycles. The molecular formula is C25H25ClFN3O3S. The lowest BCUT2D eigenvalue weighted by Gasteiger charge is -2.31. The second-order valence-electron chi connectivity index (χ2n) is 8.11. The maximum atomic E-state index is 14.0. The van der Waals surface area contributed by atoms with Crippen molar-refractivity contribution in [1.82, 2.24) is 10.3 Å². The van der Waals surface area contributed by atoms with Crippen molar-refractivity contribution < 1.29 is 18.7 Å². The van der Waals surface area contributed by atoms with Gasteiger partial charge in [0.25, 0.3) is 5.91 Å². The third kappa shape index (κ3) is 5.29. The Morgan fingerprint density at radius 3 is 2.65 bits per heavy atom. The number of anilines is 1. The van der Waals surface area contributed by atoms with Gasteiger partial charge in [0.1, 0.15) is 16.7 Å². The number of aromatic nitrogens is 1. The Hall–Kier alpha value is -2.81. The molecule has 0 radical (unpaired) electrons. The van der Waals surface area contributed by atoms with Crippen LogP contribution in [0.25, 0.3) is 0 Å². The fourth-order valence-electron chi connectivity index (χ4n) is 4.03. The molecule has 3 aromatic rings. The molecule has 1 aliphatic rings. The molecule has 2 heterocycles. The molecule has 1 N–H and O–H groups in total. The lowest BCUT2D eigenvalue weighted by molar-refractivity contribution is -0.123. The summed E-state index contributed by atoms with van der Waals surface area (Å²) in [6.45, 7) is 4.58. The number of benzene rings is 2. The van der Waals surface area contributed by atoms with Gasteiger partial charge in [0.15, 0.2) is 0 Å². The number of hydrogen-bond acceptors (Lipinski definition) is 5. The van der Waals surface area contributed by atoms with Crippen LogP contribution in [0.3, 0.4) is 0 Å². The van der Waals surface area contributed by atoms with Gasteiger partial charge in [0, 0.05) is 18.8 Å². The number of amides is 2. The number of carbonyl (C=O) groups is 2. The summed E-state index contributed by atoms with van der Waals surface area (Å²) in [5.41, 5.74) is 1.49. The number of thiazole rings is 1. The third-order valence-corrected chi connectivity index (χ3v) is 7.00. The second-order valence-corrected chi connectivity index (χ2v) is 9.72. The van der Waals surface area contributed by atoms with E-state index in [0.29, 0.717) is 35.0 Å². The molecule has 6 nitrogen and oxygen atoms in total. The topological polar surface area (TPSA) is 71.5 Å². The number of aryl methyl sites for hydroxylation is 2. The number of carbonyl (C=O) groups excluding carboxylic acids is 2. The number of nitrogens with zero attached hydrogens (tertiary/aromatic N) is 2. The number of nitrogens with one attached hydrogen (secondary N) is 1. The molecule has 2 atom stereocenters. The minimum Gasteiger partial charge on any atom is -0.376 e. The van der Waals surface area contributed by atoms with Gasteiger partial charge >= 0.3 is 0 Å². The van der Waals surface area contributed by atoms with E-state index >= 15 is 0 Å². The summed E-state index contributed by atoms with van der Waals surface area (Å²) in [5.74, 6) is -1.39. The van der Waals surface area contributed by atoms with Gasteiger partial charge in [-0.25, -0.2) is 9.37 Å². The standard InChI is InChI=1S/C25H25ClFN3O3S/c1-15-23(34-16(2)29-15)25(32)30(18-10-11-21(27)20(26)13-18)22(17-7-4-3-5-8-17)24(31)28-14-19-9-6-12-33-19/h3-5,7-8,10-11,13,19,22H,6,9,12,14H2,1-2H3,(H,28,31)/t19-,22+/m1/s1. The van der Waals surface area contributed by atoms with Crippen LogP contribution in [0.2, 0.25) is 5.02 Å². The number of halogens is 2. The zero-order valence-corrected chi connectivity index (χ0v) is 20.5. The molecule has 1 aliphatic heterocycles. The Morgan fingerprint density at radius 1 is 1.26 bits per heavy atom. The molecule has 1 fully saturated rings. The maximum absolute atomic E-state index is 14.0. The molecule has 2 aromatic carbocycles. The second kappa shape index (κ2) is 10.6. The van der Waals surface area contributed by atoms with E-state index in [-0.39, 0.29) is 17.0 Å². The Bertz CT molecular complexity index is 1180. The molecule has 1 saturated heterocycles. The van der Waals surface area contributed by atoms with Crippen LogP contribution in [0.1, 0.15) is 44.8 Å². The highest BCUT2D eigenvalue weighted by atomic mass is 35.5. The van der Waals surface area contributed by atoms with Gasteiger partial charge in [0.2, 0.25) is 5.91 Å². The van der Waals surface area contributed by atoms with Crippen LogP contribution in [-0.4, -0.2) is 36.1 Å². The SMILES string of the molecule is Cc1nc(C)c(C(=O)N(c2ccc(F)c(Cl)c2)[C@H](C(=O)NC[C@H]2CCCO2)c2ccccc2)s1. The molecule has 34 heavy (non-hydrogen) atoms. The number of rotatable bonds is 7. The van der Waals surface area contributed by atoms with Crippen molar-refractivity contribution in [3.63, 3.8) is 0 Å². The average Bonchev–Trinajstić information content (AvgIpc) is 3.47. The summed E-state index contributed by atoms with van der Waals surface area (Å²) in [5, 5.41) is 3.54. The van der Waals surface area contributed by atoms with Crippen LogP contribution >= 0.6 is 22.9 Å². The van der Waals surface area contributed by atoms with Crippen LogP contribution in [0.5, 0.6) is 0 Å². The lowest BCUT2D eigenvalue weighted by atomic mass is 10.0. The van der Waals surface area contributed by atoms with E-state index in [0.717, 1.165) is 17.8 Å². The molecule has 178 valence electrons. The van der Waals surface area contributed by atoms with Crippen LogP contribution in [-0.2, 0) is 9.53 Å². The Labute approximate surface area is 206 Å². The van der Waals surface area contributed by atoms with Gasteiger partial charge in [-0.05, 0) is 50.5 Å². The monoisotopic (exact) mass is 501 g/mol. The molecule has 1 aromatic heterocycles. The van der Waals surface area contributed by atoms with Crippen LogP contribution in [0, 0.1) is 19.7 Å². The van der Waals surface area contributed by atoms with Crippen molar-refractivity contribution >= 4 is 40.4 Å². The highest BCUT2D eigenvalue weighted by Crippen LogP contribution is 2.34. The van der Waals surface area contributed by atoms with E-state index in [2.05, 4.69) is 10.3 Å². The van der Waals surface area contributed by atoms with Crippen LogP contribution in [0.15, 0.2) is 48.5 Å². The highest BCUT2D eigenvalue weighted by molar-refractivity contribution is 7.13. The summed E-state index contributed by atoms with van der Waals surface area (Å²) >= 11 is 7.33. The molecule has 0 saturated carbocycles. The van der Waals surface area contributed by atoms with Crippen molar-refractivity contribution in [2.75, 3.05) is 18.1 Å². The van der Waals surface area contributed by atoms with Gasteiger partial charge in [-0.2, -0.15) is 0 Å². The summed E-state index contributed by atoms with van der Waals surface area (Å²) in [6, 6.07) is 12.0. The quantitative estimate of drug-likeness (QED) is 0.481. The predicted molar refractivity (Wildman–Crippen MR) is 131 cm³/mol. The maximum Gasteiger partial charge on any atom is 0.271 e. The third-order valence-electron chi connectivity index (χ3n) is 5.65. The summed E-state index contributed by atoms with van der Waals surface area (Å²) < 4.78 is 19.6. The van der Waals surface area contributed by atoms with Crippen LogP contribution < -0.4 is 10.2 Å². The van der Waals surface area contributed by atoms with E-state index in [1.54, 1.807) is 31.2 Å². The lowest BCUT2D eigenvalue weighted by Crippen LogP contribution is -2.45. The molecule has 4 rings (SSSR count). The first-order chi connectivity index (χ1) is 16.3. The van der Waals surface area contributed by atoms with E-state index in [4.69, 9.17) is 16.3 Å². The fourth-order valence-corrected chi connectivity index (χ4v) is 5.06. The van der Waals surface area contributed by atoms with E-state index in [9.17, 15) is 14.0 Å². The zero-order valence-electron chi connectivity index (χ0n) is 18.9. The Balaban J connectivity index is 1.79. The van der Waals surface area contributed by atoms with E-state index in [1.807, 2.05) is 13.0 Å². The number of ether oxygens (including phenoxy) is 1. The van der Waals surface area contributed by atoms with Crippen molar-refractivity contribution in [2.45, 2.75) is 38.8 Å². The zero-order chi connectivity index (χ0) is 24.2. The van der Waals surface area contributed by atoms with Crippen molar-refractivity contribution in [3.05, 3.63) is 80.5 Å². The highest BCUT2D eigenvalue weighted by Gasteiger charge is 2.35. The van der Waals surface area contributed by atoms with E-state index in [1.165, 1.54) is 34.4 Å². The molecule has 2 amide bonds. The summed E-state index contributed by atoms with van der Waals surface area (Å²) in [7, 11) is 0. The van der Waals surface area contributed by atoms with Gasteiger partial charge in [-0.1, -0.05) is 41.9 Å². The molecule has 0 bridgehead atoms. The fraction of sp³-hybridized carbons (Fsp3) is 0.320. The van der Waals surface area contributed by atoms with Gasteiger partial charge in [-0.15, -0.1) is 11.3 Å². The number of hydrogen-bond donors (Lipinski definition) is 1. The summed E-state index contributed by atoms with van der Waals surface area (Å²) in [6.07, 6.45) is 1.76. The predicted octanol–water partition coefficient (Wildman–Crippen LogP) is 5.24. The molecule has 0 unspecified atom stereocenters. The minimum absolute atomic E-state index is 0.0591. The average molecular weight is 502 g/mol. The van der Waals surface area contributed by atoms with Crippen molar-refractivity contribution in [2.24, 2.45) is 0 Å². The van der Waals surface area contributed by atoms with E-state index < -0.39 is 17.8 Å². The first-order valence-electron chi connectivity index (χ1n) is 11.0. The van der Waals surface area contributed by atoms with Crippen LogP contribution in [0.4, 0.5) is 10.1 Å². The van der Waals surface area contributed by atoms with Gasteiger partial charge in [-0.3, -0.25) is 14.5 Å². The normalized spacial score (nSPS) is 16.3. The Morgan fingerprint density at radius 2 is 2.03 bits per heavy atom. The first-order valence-corrected chi connectivity index (χ1v) is 12.2. The largest absolute Gasteiger partial charge is 0.376 e. The van der Waals surface area contributed by atoms with Gasteiger partial charge < -0.3 is 10.1 Å². The van der Waals surface area contributed by atoms with Crippen molar-refractivity contribution in [3.8, 4) is 0 Å². The first kappa shape index (κ1) is 24.3. The van der Waals surface area contributed by atoms with Crippen molar-refractivity contribution in [1.29, 1.82) is 0 Å². The van der Waals surface area contributed by atoms with Gasteiger partial charge in [0.05, 0.1) is 21.8 Å².